The Labute approximate surface area is 140 Å². The molecule has 1 aliphatic heterocycles. The summed E-state index contributed by atoms with van der Waals surface area (Å²) < 4.78 is 0. The van der Waals surface area contributed by atoms with Gasteiger partial charge in [0, 0.05) is 29.1 Å². The molecule has 24 heavy (non-hydrogen) atoms. The number of fused-ring (bicyclic) bond motifs is 4. The third-order valence-electron chi connectivity index (χ3n) is 5.49. The van der Waals surface area contributed by atoms with Crippen LogP contribution in [-0.4, -0.2) is 16.9 Å². The predicted octanol–water partition coefficient (Wildman–Crippen LogP) is 4.53. The zero-order valence-electron chi connectivity index (χ0n) is 13.4. The van der Waals surface area contributed by atoms with Crippen molar-refractivity contribution in [2.45, 2.75) is 31.2 Å². The van der Waals surface area contributed by atoms with Gasteiger partial charge in [0.2, 0.25) is 0 Å². The molecule has 1 aromatic heterocycles. The molecule has 2 heterocycles. The molecule has 1 amide bonds. The molecule has 118 valence electrons. The Bertz CT molecular complexity index is 944. The van der Waals surface area contributed by atoms with Crippen molar-refractivity contribution >= 4 is 22.5 Å². The lowest BCUT2D eigenvalue weighted by molar-refractivity contribution is 0.0964. The lowest BCUT2D eigenvalue weighted by Gasteiger charge is -2.39. The fraction of sp³-hybridized carbons (Fsp3) is 0.238. The first-order valence-corrected chi connectivity index (χ1v) is 8.61. The summed E-state index contributed by atoms with van der Waals surface area (Å²) in [5.74, 6) is 0.560. The first-order chi connectivity index (χ1) is 11.8. The number of carbonyl (C=O) groups excluding carboxylic acids is 1. The molecule has 3 heteroatoms. The van der Waals surface area contributed by atoms with Crippen LogP contribution in [0.25, 0.3) is 10.9 Å². The first-order valence-electron chi connectivity index (χ1n) is 8.61. The first kappa shape index (κ1) is 13.7. The van der Waals surface area contributed by atoms with Crippen molar-refractivity contribution in [1.29, 1.82) is 0 Å². The number of hydrogen-bond acceptors (Lipinski definition) is 2. The molecule has 3 aromatic rings. The van der Waals surface area contributed by atoms with Gasteiger partial charge in [0.05, 0.1) is 11.2 Å². The van der Waals surface area contributed by atoms with Crippen LogP contribution in [0.4, 0.5) is 5.69 Å². The zero-order valence-corrected chi connectivity index (χ0v) is 13.4. The molecule has 1 fully saturated rings. The van der Waals surface area contributed by atoms with Crippen LogP contribution in [0.5, 0.6) is 0 Å². The number of aromatic nitrogens is 1. The van der Waals surface area contributed by atoms with Gasteiger partial charge in [-0.05, 0) is 36.6 Å². The molecular weight excluding hydrogens is 296 g/mol. The van der Waals surface area contributed by atoms with E-state index >= 15 is 0 Å². The Balaban J connectivity index is 1.74. The van der Waals surface area contributed by atoms with Gasteiger partial charge in [0.1, 0.15) is 0 Å². The van der Waals surface area contributed by atoms with Crippen LogP contribution in [0, 0.1) is 0 Å². The molecule has 0 radical (unpaired) electrons. The third-order valence-corrected chi connectivity index (χ3v) is 5.49. The van der Waals surface area contributed by atoms with Gasteiger partial charge in [-0.25, -0.2) is 0 Å². The second kappa shape index (κ2) is 5.17. The van der Waals surface area contributed by atoms with Crippen molar-refractivity contribution in [3.05, 3.63) is 71.9 Å². The van der Waals surface area contributed by atoms with Gasteiger partial charge in [-0.2, -0.15) is 0 Å². The summed E-state index contributed by atoms with van der Waals surface area (Å²) in [6.07, 6.45) is 5.20. The maximum absolute atomic E-state index is 13.3. The van der Waals surface area contributed by atoms with Crippen molar-refractivity contribution in [2.75, 3.05) is 4.90 Å². The topological polar surface area (TPSA) is 33.2 Å². The van der Waals surface area contributed by atoms with Crippen molar-refractivity contribution in [3.63, 3.8) is 0 Å². The van der Waals surface area contributed by atoms with Crippen LogP contribution in [0.15, 0.2) is 60.8 Å². The molecule has 0 spiro atoms. The van der Waals surface area contributed by atoms with Gasteiger partial charge >= 0.3 is 0 Å². The van der Waals surface area contributed by atoms with E-state index in [1.165, 1.54) is 12.0 Å². The summed E-state index contributed by atoms with van der Waals surface area (Å²) in [4.78, 5) is 19.9. The summed E-state index contributed by atoms with van der Waals surface area (Å²) in [6.45, 7) is 0. The van der Waals surface area contributed by atoms with E-state index in [1.54, 1.807) is 6.20 Å². The fourth-order valence-corrected chi connectivity index (χ4v) is 4.48. The fourth-order valence-electron chi connectivity index (χ4n) is 4.48. The molecular formula is C21H18N2O. The van der Waals surface area contributed by atoms with Gasteiger partial charge in [0.25, 0.3) is 5.91 Å². The number of pyridine rings is 1. The minimum Gasteiger partial charge on any atom is -0.303 e. The van der Waals surface area contributed by atoms with E-state index in [2.05, 4.69) is 29.2 Å². The number of para-hydroxylation sites is 1. The second-order valence-electron chi connectivity index (χ2n) is 6.72. The maximum Gasteiger partial charge on any atom is 0.258 e. The van der Waals surface area contributed by atoms with E-state index in [-0.39, 0.29) is 11.9 Å². The highest BCUT2D eigenvalue weighted by molar-refractivity contribution is 6.12. The predicted molar refractivity (Wildman–Crippen MR) is 95.4 cm³/mol. The molecule has 0 N–H and O–H groups in total. The zero-order chi connectivity index (χ0) is 16.1. The molecule has 3 nitrogen and oxygen atoms in total. The Kier molecular flexibility index (Phi) is 2.96. The Morgan fingerprint density at radius 2 is 1.83 bits per heavy atom. The van der Waals surface area contributed by atoms with Gasteiger partial charge < -0.3 is 4.90 Å². The average Bonchev–Trinajstić information content (AvgIpc) is 3.12. The van der Waals surface area contributed by atoms with E-state index in [0.29, 0.717) is 5.92 Å². The summed E-state index contributed by atoms with van der Waals surface area (Å²) >= 11 is 0. The lowest BCUT2D eigenvalue weighted by Crippen LogP contribution is -2.46. The minimum absolute atomic E-state index is 0.118. The van der Waals surface area contributed by atoms with Crippen molar-refractivity contribution < 1.29 is 4.79 Å². The van der Waals surface area contributed by atoms with Crippen molar-refractivity contribution in [2.24, 2.45) is 0 Å². The van der Waals surface area contributed by atoms with Crippen LogP contribution in [0.3, 0.4) is 0 Å². The summed E-state index contributed by atoms with van der Waals surface area (Å²) in [7, 11) is 0. The monoisotopic (exact) mass is 314 g/mol. The number of nitrogens with zero attached hydrogens (tertiary/aromatic N) is 2. The molecule has 2 aliphatic rings. The number of hydrogen-bond donors (Lipinski definition) is 0. The molecule has 0 saturated heterocycles. The highest BCUT2D eigenvalue weighted by Gasteiger charge is 2.43. The van der Waals surface area contributed by atoms with Crippen LogP contribution in [-0.2, 0) is 0 Å². The minimum atomic E-state index is 0.118. The third kappa shape index (κ3) is 1.84. The molecule has 0 bridgehead atoms. The number of carbonyl (C=O) groups is 1. The number of amides is 1. The van der Waals surface area contributed by atoms with E-state index in [1.807, 2.05) is 35.2 Å². The highest BCUT2D eigenvalue weighted by Crippen LogP contribution is 2.45. The van der Waals surface area contributed by atoms with E-state index in [9.17, 15) is 4.79 Å². The van der Waals surface area contributed by atoms with Gasteiger partial charge in [-0.3, -0.25) is 9.78 Å². The van der Waals surface area contributed by atoms with E-state index in [4.69, 9.17) is 0 Å². The Morgan fingerprint density at radius 3 is 2.79 bits per heavy atom. The normalized spacial score (nSPS) is 22.5. The van der Waals surface area contributed by atoms with Gasteiger partial charge in [0.15, 0.2) is 0 Å². The average molecular weight is 314 g/mol. The van der Waals surface area contributed by atoms with Crippen LogP contribution < -0.4 is 4.90 Å². The van der Waals surface area contributed by atoms with Crippen LogP contribution >= 0.6 is 0 Å². The number of anilines is 1. The maximum atomic E-state index is 13.3. The van der Waals surface area contributed by atoms with Crippen molar-refractivity contribution in [1.82, 2.24) is 4.98 Å². The Hall–Kier alpha value is -2.68. The second-order valence-corrected chi connectivity index (χ2v) is 6.72. The number of rotatable bonds is 1. The number of benzene rings is 2. The van der Waals surface area contributed by atoms with Gasteiger partial charge in [-0.1, -0.05) is 42.8 Å². The lowest BCUT2D eigenvalue weighted by atomic mass is 9.84. The van der Waals surface area contributed by atoms with Crippen LogP contribution in [0.1, 0.15) is 41.1 Å². The Morgan fingerprint density at radius 1 is 0.958 bits per heavy atom. The molecule has 2 atom stereocenters. The summed E-state index contributed by atoms with van der Waals surface area (Å²) in [6, 6.07) is 18.5. The largest absolute Gasteiger partial charge is 0.303 e. The summed E-state index contributed by atoms with van der Waals surface area (Å²) in [5, 5.41) is 1.08. The smallest absolute Gasteiger partial charge is 0.258 e. The molecule has 1 aliphatic carbocycles. The van der Waals surface area contributed by atoms with Gasteiger partial charge in [-0.15, -0.1) is 0 Å². The van der Waals surface area contributed by atoms with Crippen LogP contribution in [0.2, 0.25) is 0 Å². The van der Waals surface area contributed by atoms with E-state index in [0.717, 1.165) is 35.0 Å². The molecule has 5 rings (SSSR count). The standard InChI is InChI=1S/C21H18N2O/c24-21-17-9-2-1-8-15(17)16-10-4-11-18(16)23(21)19-12-3-6-14-7-5-13-22-20(14)19/h1-3,5-9,12-13,16,18H,4,10-11H2. The SMILES string of the molecule is O=C1c2ccccc2C2CCCC2N1c1cccc2cccnc12. The molecule has 2 unspecified atom stereocenters. The summed E-state index contributed by atoms with van der Waals surface area (Å²) in [5.41, 5.74) is 3.95. The van der Waals surface area contributed by atoms with E-state index < -0.39 is 0 Å². The quantitative estimate of drug-likeness (QED) is 0.661. The molecule has 1 saturated carbocycles. The molecule has 2 aromatic carbocycles. The highest BCUT2D eigenvalue weighted by atomic mass is 16.2. The van der Waals surface area contributed by atoms with Crippen molar-refractivity contribution in [3.8, 4) is 0 Å².